The lowest BCUT2D eigenvalue weighted by atomic mass is 10.1. The van der Waals surface area contributed by atoms with Crippen LogP contribution in [0.2, 0.25) is 0 Å². The Morgan fingerprint density at radius 1 is 1.10 bits per heavy atom. The smallest absolute Gasteiger partial charge is 0.148 e. The molecule has 3 heterocycles. The summed E-state index contributed by atoms with van der Waals surface area (Å²) in [6, 6.07) is 13.5. The summed E-state index contributed by atoms with van der Waals surface area (Å²) in [6.07, 6.45) is 3.18. The van der Waals surface area contributed by atoms with Crippen LogP contribution in [-0.2, 0) is 0 Å². The molecule has 0 saturated carbocycles. The van der Waals surface area contributed by atoms with E-state index in [1.807, 2.05) is 25.1 Å². The number of fused-ring (bicyclic) bond motifs is 1. The maximum Gasteiger partial charge on any atom is 0.148 e. The Morgan fingerprint density at radius 3 is 2.70 bits per heavy atom. The summed E-state index contributed by atoms with van der Waals surface area (Å²) in [6.45, 7) is 3.51. The molecule has 4 aromatic rings. The highest BCUT2D eigenvalue weighted by molar-refractivity contribution is 5.84. The lowest BCUT2D eigenvalue weighted by molar-refractivity contribution is 0.167. The third kappa shape index (κ3) is 3.43. The van der Waals surface area contributed by atoms with Gasteiger partial charge in [-0.15, -0.1) is 0 Å². The molecule has 5 rings (SSSR count). The van der Waals surface area contributed by atoms with E-state index < -0.39 is 0 Å². The number of benzene rings is 2. The number of anilines is 3. The average Bonchev–Trinajstić information content (AvgIpc) is 3.08. The molecule has 30 heavy (non-hydrogen) atoms. The molecule has 0 aliphatic carbocycles. The van der Waals surface area contributed by atoms with Gasteiger partial charge in [0.25, 0.3) is 0 Å². The molecule has 2 N–H and O–H groups in total. The maximum absolute atomic E-state index is 13.6. The number of hydrogen-bond donors (Lipinski definition) is 2. The minimum Gasteiger partial charge on any atom is -0.487 e. The molecule has 5 nitrogen and oxygen atoms in total. The summed E-state index contributed by atoms with van der Waals surface area (Å²) >= 11 is 0. The van der Waals surface area contributed by atoms with Crippen molar-refractivity contribution in [3.8, 4) is 5.75 Å². The zero-order valence-corrected chi connectivity index (χ0v) is 16.3. The molecule has 1 aliphatic heterocycles. The zero-order valence-electron chi connectivity index (χ0n) is 16.3. The van der Waals surface area contributed by atoms with Crippen LogP contribution in [0.25, 0.3) is 10.9 Å². The number of halogens is 2. The molecule has 0 atom stereocenters. The number of nitrogens with zero attached hydrogens (tertiary/aromatic N) is 2. The summed E-state index contributed by atoms with van der Waals surface area (Å²) in [7, 11) is 0. The van der Waals surface area contributed by atoms with Crippen molar-refractivity contribution in [3.63, 3.8) is 0 Å². The molecule has 2 aromatic carbocycles. The van der Waals surface area contributed by atoms with Crippen LogP contribution in [0.15, 0.2) is 60.9 Å². The summed E-state index contributed by atoms with van der Waals surface area (Å²) in [5.41, 5.74) is 3.67. The largest absolute Gasteiger partial charge is 0.487 e. The van der Waals surface area contributed by atoms with Gasteiger partial charge in [0.15, 0.2) is 0 Å². The Balaban J connectivity index is 1.28. The van der Waals surface area contributed by atoms with Crippen molar-refractivity contribution in [2.24, 2.45) is 0 Å². The molecule has 1 aliphatic rings. The van der Waals surface area contributed by atoms with Crippen LogP contribution in [0.5, 0.6) is 5.75 Å². The molecular weight excluding hydrogens is 386 g/mol. The summed E-state index contributed by atoms with van der Waals surface area (Å²) in [5.74, 6) is 0.890. The standard InChI is InChI=1S/C23H20F2N4O/c1-14-22(29-12-18(13-29)30-17-5-2-15(24)3-6-17)8-9-26-23(14)28-16-4-7-19-20(25)11-27-21(19)10-16/h2-11,18,27H,12-13H2,1H3,(H,26,28). The van der Waals surface area contributed by atoms with Gasteiger partial charge < -0.3 is 19.9 Å². The molecule has 7 heteroatoms. The highest BCUT2D eigenvalue weighted by Gasteiger charge is 2.30. The number of aromatic nitrogens is 2. The van der Waals surface area contributed by atoms with E-state index in [9.17, 15) is 8.78 Å². The Labute approximate surface area is 172 Å². The predicted octanol–water partition coefficient (Wildman–Crippen LogP) is 5.16. The number of ether oxygens (including phenoxy) is 1. The third-order valence-electron chi connectivity index (χ3n) is 5.37. The molecule has 2 aromatic heterocycles. The topological polar surface area (TPSA) is 53.2 Å². The Hall–Kier alpha value is -3.61. The fourth-order valence-corrected chi connectivity index (χ4v) is 3.71. The van der Waals surface area contributed by atoms with Crippen LogP contribution >= 0.6 is 0 Å². The average molecular weight is 406 g/mol. The number of nitrogens with one attached hydrogen (secondary N) is 2. The molecular formula is C23H20F2N4O. The normalized spacial score (nSPS) is 14.0. The van der Waals surface area contributed by atoms with E-state index in [4.69, 9.17) is 4.74 Å². The van der Waals surface area contributed by atoms with E-state index in [-0.39, 0.29) is 17.7 Å². The number of rotatable bonds is 5. The van der Waals surface area contributed by atoms with Gasteiger partial charge in [-0.25, -0.2) is 13.8 Å². The molecule has 0 amide bonds. The Bertz CT molecular complexity index is 1200. The van der Waals surface area contributed by atoms with Gasteiger partial charge in [0.1, 0.15) is 29.3 Å². The molecule has 152 valence electrons. The molecule has 1 fully saturated rings. The first-order valence-electron chi connectivity index (χ1n) is 9.73. The van der Waals surface area contributed by atoms with Gasteiger partial charge in [-0.3, -0.25) is 0 Å². The molecule has 0 spiro atoms. The fourth-order valence-electron chi connectivity index (χ4n) is 3.71. The van der Waals surface area contributed by atoms with Crippen molar-refractivity contribution >= 4 is 28.1 Å². The van der Waals surface area contributed by atoms with Gasteiger partial charge in [-0.2, -0.15) is 0 Å². The van der Waals surface area contributed by atoms with Crippen molar-refractivity contribution in [3.05, 3.63) is 78.1 Å². The minimum atomic E-state index is -0.273. The third-order valence-corrected chi connectivity index (χ3v) is 5.37. The molecule has 0 unspecified atom stereocenters. The summed E-state index contributed by atoms with van der Waals surface area (Å²) in [5, 5.41) is 3.89. The van der Waals surface area contributed by atoms with Crippen molar-refractivity contribution in [1.29, 1.82) is 0 Å². The van der Waals surface area contributed by atoms with E-state index in [0.717, 1.165) is 41.4 Å². The summed E-state index contributed by atoms with van der Waals surface area (Å²) < 4.78 is 32.6. The number of pyridine rings is 1. The minimum absolute atomic E-state index is 0.0598. The zero-order chi connectivity index (χ0) is 20.7. The van der Waals surface area contributed by atoms with Gasteiger partial charge in [0.05, 0.1) is 18.6 Å². The van der Waals surface area contributed by atoms with Crippen LogP contribution in [0, 0.1) is 18.6 Å². The van der Waals surface area contributed by atoms with Gasteiger partial charge in [-0.05, 0) is 55.5 Å². The lowest BCUT2D eigenvalue weighted by Crippen LogP contribution is -2.54. The van der Waals surface area contributed by atoms with Crippen LogP contribution in [0.3, 0.4) is 0 Å². The van der Waals surface area contributed by atoms with E-state index in [2.05, 4.69) is 20.2 Å². The van der Waals surface area contributed by atoms with Crippen LogP contribution in [0.1, 0.15) is 5.56 Å². The summed E-state index contributed by atoms with van der Waals surface area (Å²) in [4.78, 5) is 9.61. The second kappa shape index (κ2) is 7.33. The van der Waals surface area contributed by atoms with Crippen LogP contribution in [-0.4, -0.2) is 29.2 Å². The number of hydrogen-bond acceptors (Lipinski definition) is 4. The highest BCUT2D eigenvalue weighted by atomic mass is 19.1. The van der Waals surface area contributed by atoms with E-state index in [1.165, 1.54) is 18.3 Å². The van der Waals surface area contributed by atoms with Crippen molar-refractivity contribution in [1.82, 2.24) is 9.97 Å². The second-order valence-electron chi connectivity index (χ2n) is 7.42. The first-order chi connectivity index (χ1) is 14.6. The second-order valence-corrected chi connectivity index (χ2v) is 7.42. The predicted molar refractivity (Wildman–Crippen MR) is 114 cm³/mol. The van der Waals surface area contributed by atoms with Gasteiger partial charge in [-0.1, -0.05) is 0 Å². The number of H-pyrrole nitrogens is 1. The maximum atomic E-state index is 13.6. The fraction of sp³-hybridized carbons (Fsp3) is 0.174. The molecule has 0 radical (unpaired) electrons. The van der Waals surface area contributed by atoms with Crippen LogP contribution < -0.4 is 15.0 Å². The molecule has 1 saturated heterocycles. The quantitative estimate of drug-likeness (QED) is 0.481. The highest BCUT2D eigenvalue weighted by Crippen LogP contribution is 2.32. The lowest BCUT2D eigenvalue weighted by Gasteiger charge is -2.41. The first-order valence-corrected chi connectivity index (χ1v) is 9.73. The van der Waals surface area contributed by atoms with E-state index in [0.29, 0.717) is 11.1 Å². The van der Waals surface area contributed by atoms with Crippen molar-refractivity contribution in [2.75, 3.05) is 23.3 Å². The van der Waals surface area contributed by atoms with Gasteiger partial charge in [0, 0.05) is 34.7 Å². The van der Waals surface area contributed by atoms with Crippen molar-refractivity contribution in [2.45, 2.75) is 13.0 Å². The van der Waals surface area contributed by atoms with Gasteiger partial charge in [0.2, 0.25) is 0 Å². The van der Waals surface area contributed by atoms with Gasteiger partial charge >= 0.3 is 0 Å². The van der Waals surface area contributed by atoms with E-state index in [1.54, 1.807) is 24.4 Å². The SMILES string of the molecule is Cc1c(N2CC(Oc3ccc(F)cc3)C2)ccnc1Nc1ccc2c(F)c[nH]c2c1. The van der Waals surface area contributed by atoms with E-state index >= 15 is 0 Å². The van der Waals surface area contributed by atoms with Crippen LogP contribution in [0.4, 0.5) is 26.0 Å². The number of aromatic amines is 1. The monoisotopic (exact) mass is 406 g/mol. The first kappa shape index (κ1) is 18.4. The Morgan fingerprint density at radius 2 is 1.90 bits per heavy atom. The van der Waals surface area contributed by atoms with Crippen molar-refractivity contribution < 1.29 is 13.5 Å². The molecule has 0 bridgehead atoms. The Kier molecular flexibility index (Phi) is 4.50.